The minimum atomic E-state index is -4.00. The van der Waals surface area contributed by atoms with Crippen LogP contribution in [-0.2, 0) is 9.84 Å². The second-order valence-corrected chi connectivity index (χ2v) is 9.19. The lowest BCUT2D eigenvalue weighted by molar-refractivity contribution is 0.469. The first-order valence-electron chi connectivity index (χ1n) is 8.25. The minimum Gasteiger partial charge on any atom is -0.428 e. The third-order valence-electron chi connectivity index (χ3n) is 3.92. The summed E-state index contributed by atoms with van der Waals surface area (Å²) in [5, 5.41) is 0.0351. The van der Waals surface area contributed by atoms with Crippen LogP contribution in [0.4, 0.5) is 8.78 Å². The van der Waals surface area contributed by atoms with Gasteiger partial charge in [0, 0.05) is 10.8 Å². The number of sulfone groups is 1. The van der Waals surface area contributed by atoms with Crippen molar-refractivity contribution in [3.63, 3.8) is 0 Å². The SMILES string of the molecule is CC[C@H](C)Sc1oc(-c2ccc(F)cc2)nc1S(=O)(=O)c1ccc(F)cc1. The molecule has 0 unspecified atom stereocenters. The van der Waals surface area contributed by atoms with Crippen LogP contribution in [0.1, 0.15) is 20.3 Å². The molecule has 142 valence electrons. The number of hydrogen-bond acceptors (Lipinski definition) is 5. The molecule has 27 heavy (non-hydrogen) atoms. The van der Waals surface area contributed by atoms with Crippen molar-refractivity contribution in [2.45, 2.75) is 40.5 Å². The van der Waals surface area contributed by atoms with E-state index in [2.05, 4.69) is 4.98 Å². The molecule has 0 N–H and O–H groups in total. The number of thioether (sulfide) groups is 1. The average molecular weight is 409 g/mol. The zero-order valence-corrected chi connectivity index (χ0v) is 16.3. The Balaban J connectivity index is 2.11. The Morgan fingerprint density at radius 3 is 2.15 bits per heavy atom. The van der Waals surface area contributed by atoms with Crippen molar-refractivity contribution < 1.29 is 21.6 Å². The van der Waals surface area contributed by atoms with E-state index in [1.54, 1.807) is 0 Å². The summed E-state index contributed by atoms with van der Waals surface area (Å²) in [4.78, 5) is 4.10. The molecule has 0 fully saturated rings. The van der Waals surface area contributed by atoms with Crippen molar-refractivity contribution in [3.05, 3.63) is 60.2 Å². The van der Waals surface area contributed by atoms with Gasteiger partial charge in [-0.15, -0.1) is 0 Å². The minimum absolute atomic E-state index is 0.0751. The summed E-state index contributed by atoms with van der Waals surface area (Å²) in [6.45, 7) is 3.92. The fourth-order valence-corrected chi connectivity index (χ4v) is 4.70. The van der Waals surface area contributed by atoms with Crippen molar-refractivity contribution in [1.29, 1.82) is 0 Å². The lowest BCUT2D eigenvalue weighted by Gasteiger charge is -2.07. The van der Waals surface area contributed by atoms with E-state index in [0.717, 1.165) is 18.6 Å². The Kier molecular flexibility index (Phi) is 5.67. The molecule has 0 saturated carbocycles. The highest BCUT2D eigenvalue weighted by Crippen LogP contribution is 2.37. The monoisotopic (exact) mass is 409 g/mol. The van der Waals surface area contributed by atoms with Gasteiger partial charge >= 0.3 is 0 Å². The highest BCUT2D eigenvalue weighted by atomic mass is 32.2. The normalized spacial score (nSPS) is 12.9. The summed E-state index contributed by atoms with van der Waals surface area (Å²) in [6, 6.07) is 9.96. The molecule has 2 aromatic carbocycles. The largest absolute Gasteiger partial charge is 0.428 e. The number of benzene rings is 2. The predicted octanol–water partition coefficient (Wildman–Crippen LogP) is 5.34. The molecule has 0 aliphatic rings. The van der Waals surface area contributed by atoms with Crippen LogP contribution in [0.5, 0.6) is 0 Å². The van der Waals surface area contributed by atoms with E-state index in [1.807, 2.05) is 13.8 Å². The zero-order chi connectivity index (χ0) is 19.6. The van der Waals surface area contributed by atoms with Crippen LogP contribution in [0.25, 0.3) is 11.5 Å². The molecule has 4 nitrogen and oxygen atoms in total. The Morgan fingerprint density at radius 1 is 1.04 bits per heavy atom. The maximum absolute atomic E-state index is 13.2. The average Bonchev–Trinajstić information content (AvgIpc) is 3.07. The van der Waals surface area contributed by atoms with Crippen molar-refractivity contribution in [1.82, 2.24) is 4.98 Å². The molecule has 0 saturated heterocycles. The van der Waals surface area contributed by atoms with E-state index in [1.165, 1.54) is 48.2 Å². The summed E-state index contributed by atoms with van der Waals surface area (Å²) >= 11 is 1.26. The van der Waals surface area contributed by atoms with Crippen LogP contribution in [0.2, 0.25) is 0 Å². The van der Waals surface area contributed by atoms with Gasteiger partial charge in [-0.2, -0.15) is 4.98 Å². The summed E-state index contributed by atoms with van der Waals surface area (Å²) in [6.07, 6.45) is 0.799. The lowest BCUT2D eigenvalue weighted by Crippen LogP contribution is -2.05. The van der Waals surface area contributed by atoms with Gasteiger partial charge in [0.05, 0.1) is 4.90 Å². The molecule has 3 rings (SSSR count). The number of oxazole rings is 1. The molecular weight excluding hydrogens is 392 g/mol. The lowest BCUT2D eigenvalue weighted by atomic mass is 10.2. The summed E-state index contributed by atoms with van der Waals surface area (Å²) in [5.41, 5.74) is 0.461. The molecular formula is C19H17F2NO3S2. The topological polar surface area (TPSA) is 60.2 Å². The molecule has 0 aliphatic carbocycles. The Morgan fingerprint density at radius 2 is 1.59 bits per heavy atom. The van der Waals surface area contributed by atoms with Gasteiger partial charge in [-0.25, -0.2) is 17.2 Å². The van der Waals surface area contributed by atoms with E-state index < -0.39 is 21.5 Å². The third kappa shape index (κ3) is 4.22. The molecule has 8 heteroatoms. The maximum Gasteiger partial charge on any atom is 0.228 e. The Labute approximate surface area is 160 Å². The van der Waals surface area contributed by atoms with E-state index in [0.29, 0.717) is 5.56 Å². The van der Waals surface area contributed by atoms with E-state index >= 15 is 0 Å². The third-order valence-corrected chi connectivity index (χ3v) is 6.95. The van der Waals surface area contributed by atoms with Crippen molar-refractivity contribution in [3.8, 4) is 11.5 Å². The van der Waals surface area contributed by atoms with Gasteiger partial charge in [-0.05, 0) is 55.0 Å². The zero-order valence-electron chi connectivity index (χ0n) is 14.6. The first-order chi connectivity index (χ1) is 12.8. The van der Waals surface area contributed by atoms with E-state index in [4.69, 9.17) is 4.42 Å². The molecule has 0 radical (unpaired) electrons. The number of rotatable bonds is 6. The van der Waals surface area contributed by atoms with E-state index in [9.17, 15) is 17.2 Å². The molecule has 3 aromatic rings. The number of nitrogens with zero attached hydrogens (tertiary/aromatic N) is 1. The molecule has 0 aliphatic heterocycles. The summed E-state index contributed by atoms with van der Waals surface area (Å²) in [5.74, 6) is -0.865. The van der Waals surface area contributed by atoms with Gasteiger partial charge in [-0.1, -0.05) is 25.6 Å². The highest BCUT2D eigenvalue weighted by molar-refractivity contribution is 8.00. The predicted molar refractivity (Wildman–Crippen MR) is 99.4 cm³/mol. The maximum atomic E-state index is 13.2. The smallest absolute Gasteiger partial charge is 0.228 e. The second-order valence-electron chi connectivity index (χ2n) is 5.91. The van der Waals surface area contributed by atoms with Crippen LogP contribution >= 0.6 is 11.8 Å². The number of hydrogen-bond donors (Lipinski definition) is 0. The first kappa shape index (κ1) is 19.6. The first-order valence-corrected chi connectivity index (χ1v) is 10.6. The van der Waals surface area contributed by atoms with Gasteiger partial charge in [0.25, 0.3) is 0 Å². The summed E-state index contributed by atoms with van der Waals surface area (Å²) < 4.78 is 58.1. The van der Waals surface area contributed by atoms with Gasteiger partial charge in [0.2, 0.25) is 25.8 Å². The van der Waals surface area contributed by atoms with Crippen LogP contribution < -0.4 is 0 Å². The standard InChI is InChI=1S/C19H17F2NO3S2/c1-3-12(2)26-19-18(27(23,24)16-10-8-15(21)9-11-16)22-17(25-19)13-4-6-14(20)7-5-13/h4-12H,3H2,1-2H3/t12-/m0/s1. The van der Waals surface area contributed by atoms with Crippen molar-refractivity contribution in [2.24, 2.45) is 0 Å². The molecule has 0 amide bonds. The number of aromatic nitrogens is 1. The summed E-state index contributed by atoms with van der Waals surface area (Å²) in [7, 11) is -4.00. The Hall–Kier alpha value is -2.19. The van der Waals surface area contributed by atoms with Crippen LogP contribution in [0.15, 0.2) is 68.0 Å². The van der Waals surface area contributed by atoms with Gasteiger partial charge in [0.15, 0.2) is 0 Å². The van der Waals surface area contributed by atoms with Gasteiger partial charge in [-0.3, -0.25) is 0 Å². The van der Waals surface area contributed by atoms with Crippen molar-refractivity contribution >= 4 is 21.6 Å². The number of halogens is 2. The fourth-order valence-electron chi connectivity index (χ4n) is 2.24. The van der Waals surface area contributed by atoms with E-state index in [-0.39, 0.29) is 26.2 Å². The molecule has 1 aromatic heterocycles. The molecule has 1 heterocycles. The van der Waals surface area contributed by atoms with Crippen molar-refractivity contribution in [2.75, 3.05) is 0 Å². The van der Waals surface area contributed by atoms with Gasteiger partial charge in [0.1, 0.15) is 11.6 Å². The van der Waals surface area contributed by atoms with Crippen LogP contribution in [0, 0.1) is 11.6 Å². The van der Waals surface area contributed by atoms with Crippen LogP contribution in [0.3, 0.4) is 0 Å². The highest BCUT2D eigenvalue weighted by Gasteiger charge is 2.29. The molecule has 0 bridgehead atoms. The Bertz CT molecular complexity index is 1030. The molecule has 1 atom stereocenters. The quantitative estimate of drug-likeness (QED) is 0.406. The second kappa shape index (κ2) is 7.82. The fraction of sp³-hybridized carbons (Fsp3) is 0.211. The van der Waals surface area contributed by atoms with Gasteiger partial charge < -0.3 is 4.42 Å². The van der Waals surface area contributed by atoms with Crippen LogP contribution in [-0.4, -0.2) is 18.7 Å². The molecule has 0 spiro atoms.